The van der Waals surface area contributed by atoms with Gasteiger partial charge in [-0.1, -0.05) is 6.07 Å². The van der Waals surface area contributed by atoms with Gasteiger partial charge in [-0.05, 0) is 47.5 Å². The summed E-state index contributed by atoms with van der Waals surface area (Å²) in [6.45, 7) is 1.75. The van der Waals surface area contributed by atoms with E-state index in [4.69, 9.17) is 4.74 Å². The molecular weight excluding hydrogens is 268 g/mol. The van der Waals surface area contributed by atoms with E-state index in [-0.39, 0.29) is 5.75 Å². The van der Waals surface area contributed by atoms with Gasteiger partial charge < -0.3 is 10.1 Å². The first-order valence-corrected chi connectivity index (χ1v) is 7.00. The third kappa shape index (κ3) is 4.29. The molecular formula is C14H15F2NOS. The van der Waals surface area contributed by atoms with E-state index in [1.54, 1.807) is 11.3 Å². The molecule has 1 aromatic carbocycles. The van der Waals surface area contributed by atoms with Gasteiger partial charge in [-0.15, -0.1) is 0 Å². The Kier molecular flexibility index (Phi) is 5.30. The largest absolute Gasteiger partial charge is 0.489 e. The van der Waals surface area contributed by atoms with Crippen molar-refractivity contribution in [3.8, 4) is 5.75 Å². The van der Waals surface area contributed by atoms with Crippen LogP contribution in [0.2, 0.25) is 0 Å². The fraction of sp³-hybridized carbons (Fsp3) is 0.286. The van der Waals surface area contributed by atoms with E-state index < -0.39 is 11.6 Å². The summed E-state index contributed by atoms with van der Waals surface area (Å²) in [5.74, 6) is -1.86. The third-order valence-corrected chi connectivity index (χ3v) is 3.36. The van der Waals surface area contributed by atoms with Gasteiger partial charge in [0, 0.05) is 6.54 Å². The second-order valence-electron chi connectivity index (χ2n) is 4.03. The molecule has 0 aliphatic heterocycles. The van der Waals surface area contributed by atoms with Gasteiger partial charge in [-0.3, -0.25) is 0 Å². The zero-order valence-corrected chi connectivity index (χ0v) is 11.2. The van der Waals surface area contributed by atoms with Crippen molar-refractivity contribution in [1.82, 2.24) is 5.32 Å². The highest BCUT2D eigenvalue weighted by molar-refractivity contribution is 7.07. The summed E-state index contributed by atoms with van der Waals surface area (Å²) in [6.07, 6.45) is 0.956. The average Bonchev–Trinajstić information content (AvgIpc) is 2.91. The van der Waals surface area contributed by atoms with Crippen molar-refractivity contribution < 1.29 is 13.5 Å². The number of hydrogen-bond acceptors (Lipinski definition) is 3. The maximum absolute atomic E-state index is 13.2. The summed E-state index contributed by atoms with van der Waals surface area (Å²) >= 11 is 1.68. The number of benzene rings is 1. The first kappa shape index (κ1) is 14.0. The Bertz CT molecular complexity index is 502. The van der Waals surface area contributed by atoms with Crippen LogP contribution in [0.4, 0.5) is 8.78 Å². The quantitative estimate of drug-likeness (QED) is 0.788. The molecule has 2 aromatic rings. The van der Waals surface area contributed by atoms with Crippen LogP contribution in [-0.4, -0.2) is 19.7 Å². The topological polar surface area (TPSA) is 21.3 Å². The molecule has 2 nitrogen and oxygen atoms in total. The van der Waals surface area contributed by atoms with Crippen molar-refractivity contribution in [2.75, 3.05) is 19.7 Å². The fourth-order valence-corrected chi connectivity index (χ4v) is 2.32. The average molecular weight is 283 g/mol. The Balaban J connectivity index is 1.63. The number of ether oxygens (including phenoxy) is 1. The van der Waals surface area contributed by atoms with E-state index >= 15 is 0 Å². The zero-order chi connectivity index (χ0) is 13.5. The summed E-state index contributed by atoms with van der Waals surface area (Å²) in [4.78, 5) is 0. The second-order valence-corrected chi connectivity index (χ2v) is 4.81. The number of rotatable bonds is 7. The number of halogens is 2. The van der Waals surface area contributed by atoms with E-state index in [9.17, 15) is 8.78 Å². The summed E-state index contributed by atoms with van der Waals surface area (Å²) in [5.41, 5.74) is 1.30. The summed E-state index contributed by atoms with van der Waals surface area (Å²) in [7, 11) is 0. The van der Waals surface area contributed by atoms with Gasteiger partial charge in [0.05, 0.1) is 0 Å². The van der Waals surface area contributed by atoms with E-state index in [1.807, 2.05) is 5.38 Å². The Hall–Kier alpha value is -1.46. The molecule has 19 heavy (non-hydrogen) atoms. The zero-order valence-electron chi connectivity index (χ0n) is 10.4. The molecule has 0 aliphatic rings. The van der Waals surface area contributed by atoms with Crippen molar-refractivity contribution >= 4 is 11.3 Å². The van der Waals surface area contributed by atoms with Crippen LogP contribution in [0.3, 0.4) is 0 Å². The second kappa shape index (κ2) is 7.21. The maximum Gasteiger partial charge on any atom is 0.200 e. The SMILES string of the molecule is Fc1cccc(OCCNCCc2ccsc2)c1F. The molecule has 1 aromatic heterocycles. The van der Waals surface area contributed by atoms with Gasteiger partial charge in [-0.2, -0.15) is 15.7 Å². The van der Waals surface area contributed by atoms with Gasteiger partial charge in [0.1, 0.15) is 6.61 Å². The Labute approximate surface area is 115 Å². The molecule has 0 saturated heterocycles. The van der Waals surface area contributed by atoms with Crippen LogP contribution in [0.5, 0.6) is 5.75 Å². The van der Waals surface area contributed by atoms with Gasteiger partial charge in [0.15, 0.2) is 11.6 Å². The molecule has 0 aliphatic carbocycles. The van der Waals surface area contributed by atoms with E-state index in [1.165, 1.54) is 17.7 Å². The molecule has 0 amide bonds. The van der Waals surface area contributed by atoms with Gasteiger partial charge in [-0.25, -0.2) is 4.39 Å². The highest BCUT2D eigenvalue weighted by Gasteiger charge is 2.07. The molecule has 5 heteroatoms. The highest BCUT2D eigenvalue weighted by atomic mass is 32.1. The minimum Gasteiger partial charge on any atom is -0.489 e. The molecule has 0 fully saturated rings. The van der Waals surface area contributed by atoms with Crippen LogP contribution in [0.25, 0.3) is 0 Å². The van der Waals surface area contributed by atoms with Gasteiger partial charge >= 0.3 is 0 Å². The highest BCUT2D eigenvalue weighted by Crippen LogP contribution is 2.18. The fourth-order valence-electron chi connectivity index (χ4n) is 1.62. The van der Waals surface area contributed by atoms with Crippen LogP contribution in [-0.2, 0) is 6.42 Å². The lowest BCUT2D eigenvalue weighted by atomic mass is 10.2. The third-order valence-electron chi connectivity index (χ3n) is 2.62. The lowest BCUT2D eigenvalue weighted by Crippen LogP contribution is -2.23. The van der Waals surface area contributed by atoms with E-state index in [0.717, 1.165) is 19.0 Å². The molecule has 102 valence electrons. The van der Waals surface area contributed by atoms with E-state index in [2.05, 4.69) is 16.8 Å². The molecule has 0 saturated carbocycles. The van der Waals surface area contributed by atoms with Crippen molar-refractivity contribution in [2.24, 2.45) is 0 Å². The molecule has 0 radical (unpaired) electrons. The summed E-state index contributed by atoms with van der Waals surface area (Å²) in [5, 5.41) is 7.35. The predicted molar refractivity (Wildman–Crippen MR) is 72.7 cm³/mol. The molecule has 1 N–H and O–H groups in total. The Morgan fingerprint density at radius 3 is 2.84 bits per heavy atom. The molecule has 0 spiro atoms. The van der Waals surface area contributed by atoms with Crippen LogP contribution >= 0.6 is 11.3 Å². The minimum absolute atomic E-state index is 0.0420. The number of nitrogens with one attached hydrogen (secondary N) is 1. The Morgan fingerprint density at radius 2 is 2.05 bits per heavy atom. The van der Waals surface area contributed by atoms with Gasteiger partial charge in [0.25, 0.3) is 0 Å². The Morgan fingerprint density at radius 1 is 1.16 bits per heavy atom. The van der Waals surface area contributed by atoms with Crippen LogP contribution in [0.1, 0.15) is 5.56 Å². The first-order chi connectivity index (χ1) is 9.27. The lowest BCUT2D eigenvalue weighted by molar-refractivity contribution is 0.293. The van der Waals surface area contributed by atoms with Crippen molar-refractivity contribution in [3.63, 3.8) is 0 Å². The molecule has 1 heterocycles. The maximum atomic E-state index is 13.2. The standard InChI is InChI=1S/C14H15F2NOS/c15-12-2-1-3-13(14(12)16)18-8-7-17-6-4-11-5-9-19-10-11/h1-3,5,9-10,17H,4,6-8H2. The normalized spacial score (nSPS) is 10.6. The van der Waals surface area contributed by atoms with Crippen LogP contribution in [0.15, 0.2) is 35.0 Å². The minimum atomic E-state index is -0.930. The van der Waals surface area contributed by atoms with Gasteiger partial charge in [0.2, 0.25) is 5.82 Å². The molecule has 0 unspecified atom stereocenters. The number of thiophene rings is 1. The number of hydrogen-bond donors (Lipinski definition) is 1. The van der Waals surface area contributed by atoms with E-state index in [0.29, 0.717) is 13.2 Å². The van der Waals surface area contributed by atoms with Crippen molar-refractivity contribution in [3.05, 3.63) is 52.2 Å². The molecule has 2 rings (SSSR count). The van der Waals surface area contributed by atoms with Crippen LogP contribution in [0, 0.1) is 11.6 Å². The van der Waals surface area contributed by atoms with Crippen LogP contribution < -0.4 is 10.1 Å². The predicted octanol–water partition coefficient (Wildman–Crippen LogP) is 3.24. The monoisotopic (exact) mass is 283 g/mol. The molecule has 0 bridgehead atoms. The smallest absolute Gasteiger partial charge is 0.200 e. The van der Waals surface area contributed by atoms with Crippen molar-refractivity contribution in [2.45, 2.75) is 6.42 Å². The lowest BCUT2D eigenvalue weighted by Gasteiger charge is -2.08. The first-order valence-electron chi connectivity index (χ1n) is 6.06. The summed E-state index contributed by atoms with van der Waals surface area (Å²) in [6, 6.07) is 6.01. The summed E-state index contributed by atoms with van der Waals surface area (Å²) < 4.78 is 31.3. The molecule has 0 atom stereocenters. The van der Waals surface area contributed by atoms with Crippen molar-refractivity contribution in [1.29, 1.82) is 0 Å².